The lowest BCUT2D eigenvalue weighted by Gasteiger charge is -2.34. The first kappa shape index (κ1) is 23.4. The Hall–Kier alpha value is -3.30. The van der Waals surface area contributed by atoms with E-state index in [1.165, 1.54) is 17.2 Å². The summed E-state index contributed by atoms with van der Waals surface area (Å²) >= 11 is 0. The Morgan fingerprint density at radius 1 is 1.22 bits per heavy atom. The van der Waals surface area contributed by atoms with E-state index in [0.29, 0.717) is 25.1 Å². The Labute approximate surface area is 183 Å². The second kappa shape index (κ2) is 9.88. The fraction of sp³-hybridized carbons (Fsp3) is 0.409. The third-order valence-corrected chi connectivity index (χ3v) is 5.21. The fourth-order valence-corrected chi connectivity index (χ4v) is 3.53. The first-order valence-corrected chi connectivity index (χ1v) is 10.2. The molecule has 0 radical (unpaired) electrons. The van der Waals surface area contributed by atoms with Crippen molar-refractivity contribution in [2.24, 2.45) is 5.92 Å². The zero-order valence-corrected chi connectivity index (χ0v) is 17.8. The molecule has 1 aliphatic heterocycles. The number of ether oxygens (including phenoxy) is 1. The summed E-state index contributed by atoms with van der Waals surface area (Å²) in [6.45, 7) is 3.91. The zero-order valence-electron chi connectivity index (χ0n) is 17.8. The van der Waals surface area contributed by atoms with Crippen molar-refractivity contribution in [2.75, 3.05) is 24.6 Å². The number of amides is 2. The molecular weight excluding hydrogens is 425 g/mol. The van der Waals surface area contributed by atoms with Crippen molar-refractivity contribution in [2.45, 2.75) is 32.9 Å². The summed E-state index contributed by atoms with van der Waals surface area (Å²) in [6.07, 6.45) is -2.23. The van der Waals surface area contributed by atoms with E-state index in [2.05, 4.69) is 15.8 Å². The largest absolute Gasteiger partial charge is 0.483 e. The van der Waals surface area contributed by atoms with Crippen LogP contribution in [0.4, 0.5) is 19.0 Å². The standard InChI is InChI=1S/C22H25F3N4O3/c1-14-7-8-15(2)18(11-14)32-13-19(30)27-28-21(31)16-5-4-10-29(12-16)20-17(22(23,24)25)6-3-9-26-20/h3,6-9,11,16H,4-5,10,12-13H2,1-2H3,(H,27,30)(H,28,31). The van der Waals surface area contributed by atoms with Gasteiger partial charge in [-0.05, 0) is 56.0 Å². The van der Waals surface area contributed by atoms with Crippen LogP contribution in [0.1, 0.15) is 29.5 Å². The van der Waals surface area contributed by atoms with E-state index in [9.17, 15) is 22.8 Å². The van der Waals surface area contributed by atoms with Gasteiger partial charge in [-0.15, -0.1) is 0 Å². The van der Waals surface area contributed by atoms with Gasteiger partial charge in [-0.1, -0.05) is 12.1 Å². The maximum Gasteiger partial charge on any atom is 0.419 e. The number of nitrogens with one attached hydrogen (secondary N) is 2. The summed E-state index contributed by atoms with van der Waals surface area (Å²) < 4.78 is 45.4. The number of rotatable bonds is 5. The summed E-state index contributed by atoms with van der Waals surface area (Å²) in [7, 11) is 0. The van der Waals surface area contributed by atoms with Crippen LogP contribution in [-0.2, 0) is 15.8 Å². The molecule has 0 aliphatic carbocycles. The lowest BCUT2D eigenvalue weighted by molar-refractivity contribution is -0.137. The maximum atomic E-state index is 13.3. The number of hydrogen-bond acceptors (Lipinski definition) is 5. The molecule has 172 valence electrons. The average molecular weight is 450 g/mol. The minimum Gasteiger partial charge on any atom is -0.483 e. The van der Waals surface area contributed by atoms with Crippen LogP contribution in [-0.4, -0.2) is 36.5 Å². The number of benzene rings is 1. The highest BCUT2D eigenvalue weighted by atomic mass is 19.4. The first-order chi connectivity index (χ1) is 15.1. The first-order valence-electron chi connectivity index (χ1n) is 10.2. The third kappa shape index (κ3) is 5.89. The van der Waals surface area contributed by atoms with E-state index >= 15 is 0 Å². The van der Waals surface area contributed by atoms with Crippen molar-refractivity contribution < 1.29 is 27.5 Å². The second-order valence-electron chi connectivity index (χ2n) is 7.75. The number of nitrogens with zero attached hydrogens (tertiary/aromatic N) is 2. The molecule has 1 aromatic heterocycles. The minimum atomic E-state index is -4.54. The molecule has 1 unspecified atom stereocenters. The number of carbonyl (C=O) groups is 2. The molecule has 2 N–H and O–H groups in total. The number of aryl methyl sites for hydroxylation is 2. The molecule has 10 heteroatoms. The van der Waals surface area contributed by atoms with Crippen LogP contribution in [0.5, 0.6) is 5.75 Å². The summed E-state index contributed by atoms with van der Waals surface area (Å²) in [4.78, 5) is 29.9. The Bertz CT molecular complexity index is 981. The van der Waals surface area contributed by atoms with Crippen LogP contribution in [0.25, 0.3) is 0 Å². The van der Waals surface area contributed by atoms with Gasteiger partial charge in [-0.3, -0.25) is 20.4 Å². The minimum absolute atomic E-state index is 0.0702. The number of piperidine rings is 1. The van der Waals surface area contributed by atoms with Crippen molar-refractivity contribution in [3.8, 4) is 5.75 Å². The monoisotopic (exact) mass is 450 g/mol. The SMILES string of the molecule is Cc1ccc(C)c(OCC(=O)NNC(=O)C2CCCN(c3ncccc3C(F)(F)F)C2)c1. The normalized spacial score (nSPS) is 16.4. The predicted molar refractivity (Wildman–Crippen MR) is 112 cm³/mol. The van der Waals surface area contributed by atoms with Gasteiger partial charge in [-0.25, -0.2) is 4.98 Å². The molecule has 2 aromatic rings. The van der Waals surface area contributed by atoms with Gasteiger partial charge >= 0.3 is 6.18 Å². The van der Waals surface area contributed by atoms with Gasteiger partial charge in [0, 0.05) is 19.3 Å². The molecule has 0 saturated carbocycles. The number of aromatic nitrogens is 1. The number of alkyl halides is 3. The van der Waals surface area contributed by atoms with Crippen molar-refractivity contribution in [3.05, 3.63) is 53.2 Å². The highest BCUT2D eigenvalue weighted by molar-refractivity contribution is 5.84. The van der Waals surface area contributed by atoms with E-state index in [0.717, 1.165) is 17.2 Å². The molecular formula is C22H25F3N4O3. The van der Waals surface area contributed by atoms with Crippen LogP contribution in [0.2, 0.25) is 0 Å². The Balaban J connectivity index is 1.53. The van der Waals surface area contributed by atoms with Crippen molar-refractivity contribution in [3.63, 3.8) is 0 Å². The van der Waals surface area contributed by atoms with Crippen molar-refractivity contribution in [1.29, 1.82) is 0 Å². The number of carbonyl (C=O) groups excluding carboxylic acids is 2. The van der Waals surface area contributed by atoms with Crippen molar-refractivity contribution >= 4 is 17.6 Å². The molecule has 1 saturated heterocycles. The van der Waals surface area contributed by atoms with E-state index in [4.69, 9.17) is 4.74 Å². The molecule has 1 atom stereocenters. The van der Waals surface area contributed by atoms with E-state index in [-0.39, 0.29) is 19.0 Å². The molecule has 0 spiro atoms. The van der Waals surface area contributed by atoms with Gasteiger partial charge in [0.2, 0.25) is 5.91 Å². The average Bonchev–Trinajstić information content (AvgIpc) is 2.77. The lowest BCUT2D eigenvalue weighted by Crippen LogP contribution is -2.50. The molecule has 2 heterocycles. The summed E-state index contributed by atoms with van der Waals surface area (Å²) in [6, 6.07) is 7.83. The third-order valence-electron chi connectivity index (χ3n) is 5.21. The summed E-state index contributed by atoms with van der Waals surface area (Å²) in [5.41, 5.74) is 5.67. The van der Waals surface area contributed by atoms with Crippen LogP contribution in [0.15, 0.2) is 36.5 Å². The van der Waals surface area contributed by atoms with Gasteiger partial charge < -0.3 is 9.64 Å². The van der Waals surface area contributed by atoms with Crippen LogP contribution >= 0.6 is 0 Å². The number of hydrazine groups is 1. The summed E-state index contributed by atoms with van der Waals surface area (Å²) in [5, 5.41) is 0. The highest BCUT2D eigenvalue weighted by Gasteiger charge is 2.37. The predicted octanol–water partition coefficient (Wildman–Crippen LogP) is 3.16. The molecule has 0 bridgehead atoms. The summed E-state index contributed by atoms with van der Waals surface area (Å²) in [5.74, 6) is -1.23. The second-order valence-corrected chi connectivity index (χ2v) is 7.75. The number of halogens is 3. The van der Waals surface area contributed by atoms with Crippen LogP contribution in [0, 0.1) is 19.8 Å². The lowest BCUT2D eigenvalue weighted by atomic mass is 9.97. The van der Waals surface area contributed by atoms with E-state index < -0.39 is 29.5 Å². The molecule has 32 heavy (non-hydrogen) atoms. The Morgan fingerprint density at radius 3 is 2.75 bits per heavy atom. The number of anilines is 1. The van der Waals surface area contributed by atoms with Crippen molar-refractivity contribution in [1.82, 2.24) is 15.8 Å². The van der Waals surface area contributed by atoms with Gasteiger partial charge in [-0.2, -0.15) is 13.2 Å². The van der Waals surface area contributed by atoms with E-state index in [1.54, 1.807) is 0 Å². The van der Waals surface area contributed by atoms with Crippen LogP contribution in [0.3, 0.4) is 0 Å². The number of pyridine rings is 1. The molecule has 1 aromatic carbocycles. The highest BCUT2D eigenvalue weighted by Crippen LogP contribution is 2.36. The topological polar surface area (TPSA) is 83.6 Å². The molecule has 3 rings (SSSR count). The maximum absolute atomic E-state index is 13.3. The smallest absolute Gasteiger partial charge is 0.419 e. The van der Waals surface area contributed by atoms with Gasteiger partial charge in [0.05, 0.1) is 11.5 Å². The zero-order chi connectivity index (χ0) is 23.3. The fourth-order valence-electron chi connectivity index (χ4n) is 3.53. The molecule has 1 aliphatic rings. The number of hydrogen-bond donors (Lipinski definition) is 2. The van der Waals surface area contributed by atoms with Gasteiger partial charge in [0.15, 0.2) is 6.61 Å². The van der Waals surface area contributed by atoms with Gasteiger partial charge in [0.25, 0.3) is 5.91 Å². The Morgan fingerprint density at radius 2 is 2.00 bits per heavy atom. The quantitative estimate of drug-likeness (QED) is 0.684. The Kier molecular flexibility index (Phi) is 7.22. The molecule has 7 nitrogen and oxygen atoms in total. The molecule has 1 fully saturated rings. The van der Waals surface area contributed by atoms with E-state index in [1.807, 2.05) is 32.0 Å². The van der Waals surface area contributed by atoms with Crippen LogP contribution < -0.4 is 20.5 Å². The molecule has 2 amide bonds. The van der Waals surface area contributed by atoms with Gasteiger partial charge in [0.1, 0.15) is 11.6 Å².